The Labute approximate surface area is 172 Å². The molecule has 3 rings (SSSR count). The van der Waals surface area contributed by atoms with Gasteiger partial charge < -0.3 is 14.1 Å². The molecule has 1 amide bonds. The van der Waals surface area contributed by atoms with Crippen molar-refractivity contribution in [3.05, 3.63) is 74.3 Å². The number of carbonyl (C=O) groups excluding carboxylic acids is 1. The minimum Gasteiger partial charge on any atom is -0.497 e. The fourth-order valence-corrected chi connectivity index (χ4v) is 3.44. The number of halogens is 2. The highest BCUT2D eigenvalue weighted by molar-refractivity contribution is 6.31. The van der Waals surface area contributed by atoms with Crippen molar-refractivity contribution in [2.24, 2.45) is 0 Å². The van der Waals surface area contributed by atoms with Crippen molar-refractivity contribution < 1.29 is 18.3 Å². The second-order valence-electron chi connectivity index (χ2n) is 6.81. The van der Waals surface area contributed by atoms with Crippen LogP contribution in [0.15, 0.2) is 45.6 Å². The second kappa shape index (κ2) is 8.66. The SMILES string of the molecule is COc1ccc2c(C)c(CCC(=O)N(C)Cc3c(F)cccc3Cl)c(=O)oc2c1. The molecule has 3 aromatic rings. The molecule has 0 bridgehead atoms. The molecule has 5 nitrogen and oxygen atoms in total. The number of carbonyl (C=O) groups is 1. The number of rotatable bonds is 6. The maximum absolute atomic E-state index is 13.9. The van der Waals surface area contributed by atoms with Crippen LogP contribution >= 0.6 is 11.6 Å². The molecule has 0 fully saturated rings. The van der Waals surface area contributed by atoms with Crippen LogP contribution in [0, 0.1) is 12.7 Å². The number of ether oxygens (including phenoxy) is 1. The highest BCUT2D eigenvalue weighted by Crippen LogP contribution is 2.25. The quantitative estimate of drug-likeness (QED) is 0.554. The van der Waals surface area contributed by atoms with E-state index in [1.165, 1.54) is 24.1 Å². The summed E-state index contributed by atoms with van der Waals surface area (Å²) in [5.41, 5.74) is 1.45. The third-order valence-electron chi connectivity index (χ3n) is 4.97. The molecule has 0 aliphatic heterocycles. The molecule has 1 heterocycles. The number of aryl methyl sites for hydroxylation is 1. The Bertz CT molecular complexity index is 1110. The van der Waals surface area contributed by atoms with Crippen molar-refractivity contribution in [2.45, 2.75) is 26.3 Å². The average Bonchev–Trinajstić information content (AvgIpc) is 2.69. The lowest BCUT2D eigenvalue weighted by Gasteiger charge is -2.18. The van der Waals surface area contributed by atoms with Gasteiger partial charge in [0.05, 0.1) is 7.11 Å². The third-order valence-corrected chi connectivity index (χ3v) is 5.32. The van der Waals surface area contributed by atoms with Gasteiger partial charge in [0.15, 0.2) is 0 Å². The minimum atomic E-state index is -0.476. The van der Waals surface area contributed by atoms with Crippen molar-refractivity contribution >= 4 is 28.5 Å². The van der Waals surface area contributed by atoms with E-state index in [2.05, 4.69) is 0 Å². The summed E-state index contributed by atoms with van der Waals surface area (Å²) in [5, 5.41) is 1.06. The zero-order chi connectivity index (χ0) is 21.1. The molecule has 0 unspecified atom stereocenters. The van der Waals surface area contributed by atoms with Gasteiger partial charge in [0.2, 0.25) is 5.91 Å². The van der Waals surface area contributed by atoms with Crippen LogP contribution in [0.4, 0.5) is 4.39 Å². The molecule has 0 saturated carbocycles. The fraction of sp³-hybridized carbons (Fsp3) is 0.273. The fourth-order valence-electron chi connectivity index (χ4n) is 3.22. The number of methoxy groups -OCH3 is 1. The van der Waals surface area contributed by atoms with Crippen LogP contribution in [0.25, 0.3) is 11.0 Å². The smallest absolute Gasteiger partial charge is 0.339 e. The molecule has 0 aliphatic carbocycles. The second-order valence-corrected chi connectivity index (χ2v) is 7.21. The van der Waals surface area contributed by atoms with Gasteiger partial charge in [-0.1, -0.05) is 17.7 Å². The van der Waals surface area contributed by atoms with E-state index in [0.29, 0.717) is 16.9 Å². The van der Waals surface area contributed by atoms with Crippen LogP contribution in [0.2, 0.25) is 5.02 Å². The van der Waals surface area contributed by atoms with Gasteiger partial charge in [0, 0.05) is 47.6 Å². The molecule has 0 atom stereocenters. The van der Waals surface area contributed by atoms with E-state index in [1.807, 2.05) is 13.0 Å². The Kier molecular flexibility index (Phi) is 6.23. The monoisotopic (exact) mass is 417 g/mol. The molecular weight excluding hydrogens is 397 g/mol. The van der Waals surface area contributed by atoms with Crippen LogP contribution in [-0.4, -0.2) is 25.0 Å². The van der Waals surface area contributed by atoms with Crippen molar-refractivity contribution in [1.29, 1.82) is 0 Å². The van der Waals surface area contributed by atoms with Gasteiger partial charge in [-0.15, -0.1) is 0 Å². The predicted molar refractivity (Wildman–Crippen MR) is 110 cm³/mol. The van der Waals surface area contributed by atoms with Crippen molar-refractivity contribution in [1.82, 2.24) is 4.90 Å². The van der Waals surface area contributed by atoms with Gasteiger partial charge in [-0.3, -0.25) is 4.79 Å². The van der Waals surface area contributed by atoms with Crippen LogP contribution in [0.5, 0.6) is 5.75 Å². The molecule has 0 spiro atoms. The highest BCUT2D eigenvalue weighted by atomic mass is 35.5. The molecule has 1 aromatic heterocycles. The zero-order valence-electron chi connectivity index (χ0n) is 16.4. The third kappa shape index (κ3) is 4.43. The molecule has 0 saturated heterocycles. The highest BCUT2D eigenvalue weighted by Gasteiger charge is 2.17. The molecular formula is C22H21ClFNO4. The Morgan fingerprint density at radius 1 is 1.24 bits per heavy atom. The predicted octanol–water partition coefficient (Wildman–Crippen LogP) is 4.49. The van der Waals surface area contributed by atoms with Crippen LogP contribution in [-0.2, 0) is 17.8 Å². The summed E-state index contributed by atoms with van der Waals surface area (Å²) >= 11 is 6.03. The van der Waals surface area contributed by atoms with E-state index < -0.39 is 11.4 Å². The van der Waals surface area contributed by atoms with E-state index in [0.717, 1.165) is 10.9 Å². The van der Waals surface area contributed by atoms with Crippen molar-refractivity contribution in [2.75, 3.05) is 14.2 Å². The summed E-state index contributed by atoms with van der Waals surface area (Å²) in [5.74, 6) is -0.0899. The standard InChI is InChI=1S/C22H21ClFNO4/c1-13-15-8-7-14(28-3)11-20(15)29-22(27)16(13)9-10-21(26)25(2)12-17-18(23)5-4-6-19(17)24/h4-8,11H,9-10,12H2,1-3H3. The van der Waals surface area contributed by atoms with Gasteiger partial charge in [0.25, 0.3) is 0 Å². The van der Waals surface area contributed by atoms with Gasteiger partial charge in [0.1, 0.15) is 17.1 Å². The first kappa shape index (κ1) is 20.9. The molecule has 0 N–H and O–H groups in total. The Morgan fingerprint density at radius 3 is 2.69 bits per heavy atom. The van der Waals surface area contributed by atoms with Gasteiger partial charge in [-0.2, -0.15) is 0 Å². The zero-order valence-corrected chi connectivity index (χ0v) is 17.2. The first-order valence-corrected chi connectivity index (χ1v) is 9.46. The average molecular weight is 418 g/mol. The van der Waals surface area contributed by atoms with Crippen LogP contribution in [0.1, 0.15) is 23.1 Å². The summed E-state index contributed by atoms with van der Waals surface area (Å²) in [4.78, 5) is 26.3. The molecule has 0 radical (unpaired) electrons. The Balaban J connectivity index is 1.76. The topological polar surface area (TPSA) is 59.8 Å². The lowest BCUT2D eigenvalue weighted by atomic mass is 10.0. The van der Waals surface area contributed by atoms with E-state index in [-0.39, 0.29) is 35.9 Å². The number of nitrogens with zero attached hydrogens (tertiary/aromatic N) is 1. The first-order valence-electron chi connectivity index (χ1n) is 9.09. The van der Waals surface area contributed by atoms with Gasteiger partial charge in [-0.05, 0) is 43.2 Å². The number of fused-ring (bicyclic) bond motifs is 1. The molecule has 29 heavy (non-hydrogen) atoms. The van der Waals surface area contributed by atoms with Gasteiger partial charge >= 0.3 is 5.63 Å². The van der Waals surface area contributed by atoms with Crippen molar-refractivity contribution in [3.8, 4) is 5.75 Å². The van der Waals surface area contributed by atoms with E-state index in [9.17, 15) is 14.0 Å². The molecule has 0 aliphatic rings. The van der Waals surface area contributed by atoms with Crippen molar-refractivity contribution in [3.63, 3.8) is 0 Å². The summed E-state index contributed by atoms with van der Waals surface area (Å²) in [6.07, 6.45) is 0.320. The summed E-state index contributed by atoms with van der Waals surface area (Å²) in [7, 11) is 3.12. The van der Waals surface area contributed by atoms with Crippen LogP contribution in [0.3, 0.4) is 0 Å². The normalized spacial score (nSPS) is 10.9. The Hall–Kier alpha value is -2.86. The maximum atomic E-state index is 13.9. The van der Waals surface area contributed by atoms with Crippen LogP contribution < -0.4 is 10.4 Å². The molecule has 2 aromatic carbocycles. The lowest BCUT2D eigenvalue weighted by molar-refractivity contribution is -0.130. The summed E-state index contributed by atoms with van der Waals surface area (Å²) < 4.78 is 24.5. The molecule has 7 heteroatoms. The number of amides is 1. The summed E-state index contributed by atoms with van der Waals surface area (Å²) in [6.45, 7) is 1.88. The van der Waals surface area contributed by atoms with E-state index in [4.69, 9.17) is 20.8 Å². The lowest BCUT2D eigenvalue weighted by Crippen LogP contribution is -2.27. The van der Waals surface area contributed by atoms with E-state index >= 15 is 0 Å². The maximum Gasteiger partial charge on any atom is 0.339 e. The number of hydrogen-bond acceptors (Lipinski definition) is 4. The summed E-state index contributed by atoms with van der Waals surface area (Å²) in [6, 6.07) is 9.67. The minimum absolute atomic E-state index is 0.0510. The number of benzene rings is 2. The Morgan fingerprint density at radius 2 is 2.00 bits per heavy atom. The van der Waals surface area contributed by atoms with Gasteiger partial charge in [-0.25, -0.2) is 9.18 Å². The largest absolute Gasteiger partial charge is 0.497 e. The molecule has 152 valence electrons. The van der Waals surface area contributed by atoms with E-state index in [1.54, 1.807) is 25.2 Å². The number of hydrogen-bond donors (Lipinski definition) is 0. The first-order chi connectivity index (χ1) is 13.8.